The molecule has 0 saturated heterocycles. The van der Waals surface area contributed by atoms with E-state index in [1.54, 1.807) is 13.1 Å². The fourth-order valence-corrected chi connectivity index (χ4v) is 4.27. The Bertz CT molecular complexity index is 580. The third-order valence-electron chi connectivity index (χ3n) is 4.28. The zero-order valence-electron chi connectivity index (χ0n) is 12.5. The van der Waals surface area contributed by atoms with Gasteiger partial charge in [0.1, 0.15) is 0 Å². The first-order valence-electron chi connectivity index (χ1n) is 7.21. The third kappa shape index (κ3) is 2.90. The highest BCUT2D eigenvalue weighted by Gasteiger charge is 2.36. The van der Waals surface area contributed by atoms with E-state index in [1.165, 1.54) is 4.31 Å². The maximum absolute atomic E-state index is 12.8. The lowest BCUT2D eigenvalue weighted by Gasteiger charge is -2.25. The van der Waals surface area contributed by atoms with E-state index in [0.717, 1.165) is 24.0 Å². The Morgan fingerprint density at radius 3 is 2.55 bits per heavy atom. The second-order valence-corrected chi connectivity index (χ2v) is 7.56. The molecule has 5 heteroatoms. The molecule has 1 saturated carbocycles. The van der Waals surface area contributed by atoms with Crippen LogP contribution in [0.25, 0.3) is 0 Å². The summed E-state index contributed by atoms with van der Waals surface area (Å²) in [5.41, 5.74) is 7.35. The predicted octanol–water partition coefficient (Wildman–Crippen LogP) is 2.13. The molecule has 0 amide bonds. The average Bonchev–Trinajstić information content (AvgIpc) is 3.29. The van der Waals surface area contributed by atoms with E-state index in [4.69, 9.17) is 5.73 Å². The lowest BCUT2D eigenvalue weighted by Crippen LogP contribution is -2.36. The summed E-state index contributed by atoms with van der Waals surface area (Å²) in [5.74, 6) is 0.512. The summed E-state index contributed by atoms with van der Waals surface area (Å²) in [6.45, 7) is 4.32. The third-order valence-corrected chi connectivity index (χ3v) is 6.31. The topological polar surface area (TPSA) is 63.4 Å². The maximum Gasteiger partial charge on any atom is 0.243 e. The summed E-state index contributed by atoms with van der Waals surface area (Å²) in [6, 6.07) is 5.57. The average molecular weight is 296 g/mol. The summed E-state index contributed by atoms with van der Waals surface area (Å²) < 4.78 is 27.2. The van der Waals surface area contributed by atoms with Crippen molar-refractivity contribution in [2.75, 3.05) is 7.05 Å². The molecule has 0 radical (unpaired) electrons. The number of aryl methyl sites for hydroxylation is 1. The van der Waals surface area contributed by atoms with Gasteiger partial charge in [0.15, 0.2) is 0 Å². The summed E-state index contributed by atoms with van der Waals surface area (Å²) in [6.07, 6.45) is 2.96. The Balaban J connectivity index is 2.41. The van der Waals surface area contributed by atoms with Gasteiger partial charge in [0.05, 0.1) is 4.90 Å². The zero-order valence-corrected chi connectivity index (χ0v) is 13.3. The standard InChI is InChI=1S/C15H24N2O2S/c1-4-13-6-5-12(10-16)9-15(13)20(18,19)17(3)11(2)14-7-8-14/h5-6,9,11,14H,4,7-8,10,16H2,1-3H3. The molecular formula is C15H24N2O2S. The molecule has 1 aliphatic carbocycles. The number of nitrogens with zero attached hydrogens (tertiary/aromatic N) is 1. The largest absolute Gasteiger partial charge is 0.326 e. The Morgan fingerprint density at radius 2 is 2.05 bits per heavy atom. The highest BCUT2D eigenvalue weighted by atomic mass is 32.2. The summed E-state index contributed by atoms with van der Waals surface area (Å²) >= 11 is 0. The van der Waals surface area contributed by atoms with Crippen LogP contribution in [0.15, 0.2) is 23.1 Å². The molecule has 1 aromatic carbocycles. The first-order chi connectivity index (χ1) is 9.41. The number of hydrogen-bond donors (Lipinski definition) is 1. The van der Waals surface area contributed by atoms with Crippen LogP contribution in [0.5, 0.6) is 0 Å². The van der Waals surface area contributed by atoms with Crippen molar-refractivity contribution in [1.82, 2.24) is 4.31 Å². The van der Waals surface area contributed by atoms with Crippen LogP contribution in [0, 0.1) is 5.92 Å². The molecule has 1 aliphatic rings. The summed E-state index contributed by atoms with van der Waals surface area (Å²) in [7, 11) is -1.75. The normalized spacial score (nSPS) is 17.4. The molecule has 2 rings (SSSR count). The molecule has 0 bridgehead atoms. The molecule has 1 atom stereocenters. The molecule has 1 aromatic rings. The minimum absolute atomic E-state index is 0.0613. The second-order valence-electron chi connectivity index (χ2n) is 5.60. The van der Waals surface area contributed by atoms with E-state index in [9.17, 15) is 8.42 Å². The van der Waals surface area contributed by atoms with Gasteiger partial charge in [-0.15, -0.1) is 0 Å². The van der Waals surface area contributed by atoms with Gasteiger partial charge >= 0.3 is 0 Å². The van der Waals surface area contributed by atoms with Crippen molar-refractivity contribution in [3.05, 3.63) is 29.3 Å². The highest BCUT2D eigenvalue weighted by molar-refractivity contribution is 7.89. The van der Waals surface area contributed by atoms with Crippen LogP contribution in [0.1, 0.15) is 37.8 Å². The number of rotatable bonds is 6. The SMILES string of the molecule is CCc1ccc(CN)cc1S(=O)(=O)N(C)C(C)C1CC1. The number of benzene rings is 1. The van der Waals surface area contributed by atoms with Gasteiger partial charge in [0, 0.05) is 19.6 Å². The minimum atomic E-state index is -3.44. The molecule has 0 aromatic heterocycles. The number of nitrogens with two attached hydrogens (primary N) is 1. The van der Waals surface area contributed by atoms with Crippen molar-refractivity contribution in [3.63, 3.8) is 0 Å². The summed E-state index contributed by atoms with van der Waals surface area (Å²) in [4.78, 5) is 0.415. The highest BCUT2D eigenvalue weighted by Crippen LogP contribution is 2.36. The van der Waals surface area contributed by atoms with Gasteiger partial charge < -0.3 is 5.73 Å². The lowest BCUT2D eigenvalue weighted by molar-refractivity contribution is 0.356. The van der Waals surface area contributed by atoms with Crippen LogP contribution >= 0.6 is 0 Å². The quantitative estimate of drug-likeness (QED) is 0.874. The first-order valence-corrected chi connectivity index (χ1v) is 8.65. The molecule has 0 spiro atoms. The van der Waals surface area contributed by atoms with Crippen LogP contribution in [0.2, 0.25) is 0 Å². The van der Waals surface area contributed by atoms with E-state index in [1.807, 2.05) is 26.0 Å². The Labute approximate surface area is 122 Å². The van der Waals surface area contributed by atoms with Crippen LogP contribution < -0.4 is 5.73 Å². The predicted molar refractivity (Wildman–Crippen MR) is 80.8 cm³/mol. The van der Waals surface area contributed by atoms with Crippen LogP contribution in [0.3, 0.4) is 0 Å². The van der Waals surface area contributed by atoms with Gasteiger partial charge in [-0.3, -0.25) is 0 Å². The van der Waals surface area contributed by atoms with E-state index in [-0.39, 0.29) is 6.04 Å². The van der Waals surface area contributed by atoms with Gasteiger partial charge in [-0.25, -0.2) is 8.42 Å². The first kappa shape index (κ1) is 15.5. The van der Waals surface area contributed by atoms with Crippen LogP contribution in [-0.4, -0.2) is 25.8 Å². The fraction of sp³-hybridized carbons (Fsp3) is 0.600. The van der Waals surface area contributed by atoms with Crippen molar-refractivity contribution < 1.29 is 8.42 Å². The van der Waals surface area contributed by atoms with Gasteiger partial charge in [-0.05, 0) is 49.3 Å². The van der Waals surface area contributed by atoms with Crippen molar-refractivity contribution >= 4 is 10.0 Å². The van der Waals surface area contributed by atoms with E-state index in [0.29, 0.717) is 23.8 Å². The van der Waals surface area contributed by atoms with E-state index < -0.39 is 10.0 Å². The minimum Gasteiger partial charge on any atom is -0.326 e. The van der Waals surface area contributed by atoms with Crippen molar-refractivity contribution in [2.24, 2.45) is 11.7 Å². The smallest absolute Gasteiger partial charge is 0.243 e. The number of hydrogen-bond acceptors (Lipinski definition) is 3. The molecule has 1 fully saturated rings. The van der Waals surface area contributed by atoms with Crippen molar-refractivity contribution in [3.8, 4) is 0 Å². The Hall–Kier alpha value is -0.910. The molecule has 0 aliphatic heterocycles. The molecule has 112 valence electrons. The molecule has 20 heavy (non-hydrogen) atoms. The fourth-order valence-electron chi connectivity index (χ4n) is 2.51. The Kier molecular flexibility index (Phi) is 4.52. The van der Waals surface area contributed by atoms with Gasteiger partial charge in [-0.2, -0.15) is 4.31 Å². The van der Waals surface area contributed by atoms with Gasteiger partial charge in [-0.1, -0.05) is 19.1 Å². The lowest BCUT2D eigenvalue weighted by atomic mass is 10.1. The Morgan fingerprint density at radius 1 is 1.40 bits per heavy atom. The van der Waals surface area contributed by atoms with Gasteiger partial charge in [0.2, 0.25) is 10.0 Å². The maximum atomic E-state index is 12.8. The van der Waals surface area contributed by atoms with Crippen LogP contribution in [0.4, 0.5) is 0 Å². The van der Waals surface area contributed by atoms with E-state index in [2.05, 4.69) is 0 Å². The molecular weight excluding hydrogens is 272 g/mol. The second kappa shape index (κ2) is 5.84. The molecule has 0 heterocycles. The summed E-state index contributed by atoms with van der Waals surface area (Å²) in [5, 5.41) is 0. The van der Waals surface area contributed by atoms with Crippen molar-refractivity contribution in [1.29, 1.82) is 0 Å². The zero-order chi connectivity index (χ0) is 14.9. The molecule has 2 N–H and O–H groups in total. The molecule has 1 unspecified atom stereocenters. The monoisotopic (exact) mass is 296 g/mol. The van der Waals surface area contributed by atoms with E-state index >= 15 is 0 Å². The van der Waals surface area contributed by atoms with Crippen molar-refractivity contribution in [2.45, 2.75) is 50.6 Å². The van der Waals surface area contributed by atoms with Crippen LogP contribution in [-0.2, 0) is 23.0 Å². The van der Waals surface area contributed by atoms with Gasteiger partial charge in [0.25, 0.3) is 0 Å². The number of sulfonamides is 1. The molecule has 4 nitrogen and oxygen atoms in total.